The largest absolute Gasteiger partial charge is 0.504 e. The molecular formula is C17H18O5. The number of carbonyl (C=O) groups excluding carboxylic acids is 1. The van der Waals surface area contributed by atoms with Gasteiger partial charge in [-0.3, -0.25) is 4.79 Å². The summed E-state index contributed by atoms with van der Waals surface area (Å²) in [5.41, 5.74) is 0.819. The third-order valence-corrected chi connectivity index (χ3v) is 3.17. The minimum Gasteiger partial charge on any atom is -0.504 e. The van der Waals surface area contributed by atoms with Gasteiger partial charge in [0.25, 0.3) is 0 Å². The van der Waals surface area contributed by atoms with Gasteiger partial charge in [0.1, 0.15) is 0 Å². The fraction of sp³-hybridized carbons (Fsp3) is 0.235. The predicted molar refractivity (Wildman–Crippen MR) is 82.3 cm³/mol. The molecule has 0 unspecified atom stereocenters. The highest BCUT2D eigenvalue weighted by molar-refractivity contribution is 6.09. The van der Waals surface area contributed by atoms with Crippen LogP contribution in [0.5, 0.6) is 23.0 Å². The molecule has 0 heterocycles. The minimum absolute atomic E-state index is 0.0770. The summed E-state index contributed by atoms with van der Waals surface area (Å²) in [7, 11) is 3.00. The molecule has 22 heavy (non-hydrogen) atoms. The second-order valence-electron chi connectivity index (χ2n) is 4.51. The second-order valence-corrected chi connectivity index (χ2v) is 4.51. The molecule has 0 radical (unpaired) electrons. The normalized spacial score (nSPS) is 10.1. The monoisotopic (exact) mass is 302 g/mol. The van der Waals surface area contributed by atoms with Crippen LogP contribution in [0.2, 0.25) is 0 Å². The number of ketones is 1. The molecule has 0 aromatic heterocycles. The molecule has 0 aliphatic heterocycles. The second kappa shape index (κ2) is 6.85. The first-order valence-electron chi connectivity index (χ1n) is 6.83. The van der Waals surface area contributed by atoms with Crippen LogP contribution in [0.1, 0.15) is 22.8 Å². The summed E-state index contributed by atoms with van der Waals surface area (Å²) in [5.74, 6) is 1.10. The van der Waals surface area contributed by atoms with Crippen molar-refractivity contribution in [2.75, 3.05) is 20.8 Å². The maximum atomic E-state index is 12.5. The third kappa shape index (κ3) is 3.14. The van der Waals surface area contributed by atoms with Crippen LogP contribution < -0.4 is 14.2 Å². The number of benzene rings is 2. The van der Waals surface area contributed by atoms with Gasteiger partial charge >= 0.3 is 0 Å². The van der Waals surface area contributed by atoms with Crippen molar-refractivity contribution in [3.8, 4) is 23.0 Å². The highest BCUT2D eigenvalue weighted by Crippen LogP contribution is 2.31. The molecule has 0 saturated carbocycles. The van der Waals surface area contributed by atoms with Crippen LogP contribution in [0.3, 0.4) is 0 Å². The first-order valence-corrected chi connectivity index (χ1v) is 6.83. The molecule has 0 aliphatic rings. The van der Waals surface area contributed by atoms with E-state index in [4.69, 9.17) is 14.2 Å². The maximum absolute atomic E-state index is 12.5. The Morgan fingerprint density at radius 3 is 2.09 bits per heavy atom. The molecule has 0 atom stereocenters. The number of rotatable bonds is 6. The van der Waals surface area contributed by atoms with Crippen molar-refractivity contribution in [3.05, 3.63) is 47.5 Å². The lowest BCUT2D eigenvalue weighted by atomic mass is 10.0. The van der Waals surface area contributed by atoms with E-state index in [1.54, 1.807) is 37.4 Å². The zero-order valence-electron chi connectivity index (χ0n) is 12.8. The summed E-state index contributed by atoms with van der Waals surface area (Å²) in [5, 5.41) is 9.79. The summed E-state index contributed by atoms with van der Waals surface area (Å²) in [6, 6.07) is 9.51. The molecule has 116 valence electrons. The molecule has 2 aromatic carbocycles. The van der Waals surface area contributed by atoms with E-state index in [9.17, 15) is 9.90 Å². The zero-order chi connectivity index (χ0) is 16.1. The number of phenols is 1. The van der Waals surface area contributed by atoms with Gasteiger partial charge in [0, 0.05) is 11.1 Å². The van der Waals surface area contributed by atoms with Gasteiger partial charge < -0.3 is 19.3 Å². The van der Waals surface area contributed by atoms with Crippen LogP contribution in [0.4, 0.5) is 0 Å². The maximum Gasteiger partial charge on any atom is 0.193 e. The summed E-state index contributed by atoms with van der Waals surface area (Å²) in [6.45, 7) is 2.33. The van der Waals surface area contributed by atoms with Gasteiger partial charge in [-0.2, -0.15) is 0 Å². The van der Waals surface area contributed by atoms with Crippen LogP contribution in [-0.2, 0) is 0 Å². The van der Waals surface area contributed by atoms with Crippen molar-refractivity contribution in [2.45, 2.75) is 6.92 Å². The molecular weight excluding hydrogens is 284 g/mol. The molecule has 1 N–H and O–H groups in total. The molecule has 5 heteroatoms. The lowest BCUT2D eigenvalue weighted by molar-refractivity contribution is 0.103. The summed E-state index contributed by atoms with van der Waals surface area (Å²) in [6.07, 6.45) is 0. The van der Waals surface area contributed by atoms with Gasteiger partial charge in [-0.15, -0.1) is 0 Å². The Morgan fingerprint density at radius 2 is 1.55 bits per heavy atom. The number of hydrogen-bond donors (Lipinski definition) is 1. The predicted octanol–water partition coefficient (Wildman–Crippen LogP) is 3.04. The fourth-order valence-corrected chi connectivity index (χ4v) is 2.08. The minimum atomic E-state index is -0.221. The number of carbonyl (C=O) groups is 1. The highest BCUT2D eigenvalue weighted by atomic mass is 16.5. The Morgan fingerprint density at radius 1 is 0.955 bits per heavy atom. The Kier molecular flexibility index (Phi) is 4.88. The highest BCUT2D eigenvalue weighted by Gasteiger charge is 2.15. The van der Waals surface area contributed by atoms with E-state index in [0.29, 0.717) is 35.0 Å². The van der Waals surface area contributed by atoms with Crippen molar-refractivity contribution in [1.29, 1.82) is 0 Å². The summed E-state index contributed by atoms with van der Waals surface area (Å²) < 4.78 is 15.6. The topological polar surface area (TPSA) is 65.0 Å². The first kappa shape index (κ1) is 15.7. The molecule has 0 bridgehead atoms. The summed E-state index contributed by atoms with van der Waals surface area (Å²) >= 11 is 0. The molecule has 2 rings (SSSR count). The van der Waals surface area contributed by atoms with Gasteiger partial charge in [0.2, 0.25) is 0 Å². The van der Waals surface area contributed by atoms with E-state index < -0.39 is 0 Å². The Balaban J connectivity index is 2.36. The van der Waals surface area contributed by atoms with E-state index in [0.717, 1.165) is 0 Å². The van der Waals surface area contributed by atoms with Crippen molar-refractivity contribution in [3.63, 3.8) is 0 Å². The van der Waals surface area contributed by atoms with Gasteiger partial charge in [0.05, 0.1) is 20.8 Å². The van der Waals surface area contributed by atoms with Crippen LogP contribution in [0.15, 0.2) is 36.4 Å². The lowest BCUT2D eigenvalue weighted by Crippen LogP contribution is -2.03. The zero-order valence-corrected chi connectivity index (χ0v) is 12.8. The fourth-order valence-electron chi connectivity index (χ4n) is 2.08. The number of phenolic OH excluding ortho intramolecular Hbond substituents is 1. The number of hydrogen-bond acceptors (Lipinski definition) is 5. The molecule has 0 fully saturated rings. The molecule has 0 amide bonds. The third-order valence-electron chi connectivity index (χ3n) is 3.17. The van der Waals surface area contributed by atoms with Crippen molar-refractivity contribution in [1.82, 2.24) is 0 Å². The SMILES string of the molecule is CCOc1cc(C(=O)c2ccc(OC)c(O)c2)ccc1OC. The smallest absolute Gasteiger partial charge is 0.193 e. The van der Waals surface area contributed by atoms with Crippen LogP contribution in [0, 0.1) is 0 Å². The molecule has 2 aromatic rings. The Hall–Kier alpha value is -2.69. The summed E-state index contributed by atoms with van der Waals surface area (Å²) in [4.78, 5) is 12.5. The van der Waals surface area contributed by atoms with Gasteiger partial charge in [0.15, 0.2) is 28.8 Å². The van der Waals surface area contributed by atoms with Crippen LogP contribution in [-0.4, -0.2) is 31.7 Å². The molecule has 5 nitrogen and oxygen atoms in total. The molecule has 0 spiro atoms. The van der Waals surface area contributed by atoms with E-state index in [-0.39, 0.29) is 11.5 Å². The van der Waals surface area contributed by atoms with Crippen LogP contribution in [0.25, 0.3) is 0 Å². The van der Waals surface area contributed by atoms with E-state index in [2.05, 4.69) is 0 Å². The van der Waals surface area contributed by atoms with Crippen molar-refractivity contribution < 1.29 is 24.1 Å². The average Bonchev–Trinajstić information content (AvgIpc) is 2.54. The lowest BCUT2D eigenvalue weighted by Gasteiger charge is -2.11. The Labute approximate surface area is 129 Å². The average molecular weight is 302 g/mol. The van der Waals surface area contributed by atoms with Gasteiger partial charge in [-0.25, -0.2) is 0 Å². The number of methoxy groups -OCH3 is 2. The van der Waals surface area contributed by atoms with E-state index in [1.807, 2.05) is 6.92 Å². The Bertz CT molecular complexity index is 679. The molecule has 0 saturated heterocycles. The van der Waals surface area contributed by atoms with Gasteiger partial charge in [-0.05, 0) is 43.3 Å². The number of aromatic hydroxyl groups is 1. The standard InChI is InChI=1S/C17H18O5/c1-4-22-16-10-12(6-8-15(16)21-3)17(19)11-5-7-14(20-2)13(18)9-11/h5-10,18H,4H2,1-3H3. The van der Waals surface area contributed by atoms with Crippen molar-refractivity contribution in [2.24, 2.45) is 0 Å². The quantitative estimate of drug-likeness (QED) is 0.831. The first-order chi connectivity index (χ1) is 10.6. The van der Waals surface area contributed by atoms with Crippen LogP contribution >= 0.6 is 0 Å². The number of ether oxygens (including phenoxy) is 3. The van der Waals surface area contributed by atoms with E-state index >= 15 is 0 Å². The van der Waals surface area contributed by atoms with E-state index in [1.165, 1.54) is 13.2 Å². The van der Waals surface area contributed by atoms with Gasteiger partial charge in [-0.1, -0.05) is 0 Å². The molecule has 0 aliphatic carbocycles. The van der Waals surface area contributed by atoms with Crippen molar-refractivity contribution >= 4 is 5.78 Å².